The Kier molecular flexibility index (Phi) is 7.22. The summed E-state index contributed by atoms with van der Waals surface area (Å²) >= 11 is 1.06. The number of carbonyl (C=O) groups is 2. The third kappa shape index (κ3) is 5.77. The molecule has 2 heterocycles. The van der Waals surface area contributed by atoms with Crippen LogP contribution in [0.15, 0.2) is 66.9 Å². The van der Waals surface area contributed by atoms with Crippen LogP contribution in [0.5, 0.6) is 5.75 Å². The molecule has 32 heavy (non-hydrogen) atoms. The summed E-state index contributed by atoms with van der Waals surface area (Å²) in [7, 11) is 0. The average molecular weight is 447 g/mol. The second-order valence-electron chi connectivity index (χ2n) is 7.80. The molecule has 1 atom stereocenters. The minimum Gasteiger partial charge on any atom is -0.493 e. The van der Waals surface area contributed by atoms with Crippen LogP contribution in [0.4, 0.5) is 4.79 Å². The van der Waals surface area contributed by atoms with E-state index in [4.69, 9.17) is 4.74 Å². The molecule has 5 nitrogen and oxygen atoms in total. The Hall–Kier alpha value is -3.12. The van der Waals surface area contributed by atoms with E-state index in [2.05, 4.69) is 47.6 Å². The minimum atomic E-state index is -0.338. The first-order valence-electron chi connectivity index (χ1n) is 10.8. The lowest BCUT2D eigenvalue weighted by atomic mass is 10.0. The molecule has 1 aliphatic rings. The molecule has 0 radical (unpaired) electrons. The van der Waals surface area contributed by atoms with Crippen molar-refractivity contribution >= 4 is 22.9 Å². The fourth-order valence-corrected chi connectivity index (χ4v) is 4.48. The van der Waals surface area contributed by atoms with Crippen LogP contribution >= 0.6 is 11.8 Å². The second-order valence-corrected chi connectivity index (χ2v) is 8.97. The topological polar surface area (TPSA) is 68.3 Å². The molecule has 164 valence electrons. The number of pyridine rings is 1. The highest BCUT2D eigenvalue weighted by molar-refractivity contribution is 8.15. The zero-order valence-corrected chi connectivity index (χ0v) is 18.9. The zero-order valence-electron chi connectivity index (χ0n) is 18.0. The second kappa shape index (κ2) is 10.5. The van der Waals surface area contributed by atoms with Crippen LogP contribution in [0.2, 0.25) is 0 Å². The number of nitrogens with zero attached hydrogens (tertiary/aromatic N) is 1. The molecule has 2 amide bonds. The summed E-state index contributed by atoms with van der Waals surface area (Å²) in [4.78, 5) is 27.6. The Morgan fingerprint density at radius 1 is 0.969 bits per heavy atom. The van der Waals surface area contributed by atoms with Gasteiger partial charge in [-0.15, -0.1) is 0 Å². The van der Waals surface area contributed by atoms with Gasteiger partial charge in [-0.1, -0.05) is 67.2 Å². The number of nitrogens with one attached hydrogen (secondary N) is 1. The fourth-order valence-electron chi connectivity index (χ4n) is 3.62. The van der Waals surface area contributed by atoms with Gasteiger partial charge >= 0.3 is 0 Å². The van der Waals surface area contributed by atoms with E-state index in [1.54, 1.807) is 0 Å². The van der Waals surface area contributed by atoms with Gasteiger partial charge in [-0.2, -0.15) is 0 Å². The molecule has 6 heteroatoms. The molecular weight excluding hydrogens is 420 g/mol. The molecule has 1 saturated heterocycles. The summed E-state index contributed by atoms with van der Waals surface area (Å²) in [6.45, 7) is 2.70. The van der Waals surface area contributed by atoms with Crippen molar-refractivity contribution in [3.8, 4) is 5.75 Å². The highest BCUT2D eigenvalue weighted by Gasteiger charge is 2.31. The Morgan fingerprint density at radius 2 is 1.72 bits per heavy atom. The van der Waals surface area contributed by atoms with Gasteiger partial charge in [0.2, 0.25) is 5.91 Å². The smallest absolute Gasteiger partial charge is 0.286 e. The van der Waals surface area contributed by atoms with E-state index in [1.165, 1.54) is 11.1 Å². The molecule has 1 aromatic heterocycles. The monoisotopic (exact) mass is 446 g/mol. The molecule has 1 unspecified atom stereocenters. The number of aromatic nitrogens is 1. The lowest BCUT2D eigenvalue weighted by Gasteiger charge is -2.12. The van der Waals surface area contributed by atoms with Crippen molar-refractivity contribution in [2.75, 3.05) is 6.61 Å². The standard InChI is InChI=1S/C26H26N2O3S/c1-2-18-11-12-22(27-17-18)13-14-31-23-6-4-3-5-21(23)15-19-7-9-20(10-8-19)16-24-25(29)28-26(30)32-24/h3-12,17,24H,2,13-16H2,1H3,(H,28,29,30). The molecule has 1 N–H and O–H groups in total. The Morgan fingerprint density at radius 3 is 2.41 bits per heavy atom. The van der Waals surface area contributed by atoms with E-state index < -0.39 is 0 Å². The molecule has 1 fully saturated rings. The van der Waals surface area contributed by atoms with Crippen LogP contribution in [-0.4, -0.2) is 28.0 Å². The van der Waals surface area contributed by atoms with Gasteiger partial charge in [0.1, 0.15) is 5.75 Å². The number of hydrogen-bond acceptors (Lipinski definition) is 5. The quantitative estimate of drug-likeness (QED) is 0.514. The largest absolute Gasteiger partial charge is 0.493 e. The maximum absolute atomic E-state index is 11.8. The van der Waals surface area contributed by atoms with Gasteiger partial charge in [-0.25, -0.2) is 0 Å². The first kappa shape index (κ1) is 22.1. The first-order valence-corrected chi connectivity index (χ1v) is 11.7. The Bertz CT molecular complexity index is 1080. The molecule has 0 saturated carbocycles. The van der Waals surface area contributed by atoms with Crippen LogP contribution in [0.3, 0.4) is 0 Å². The van der Waals surface area contributed by atoms with Gasteiger partial charge in [0, 0.05) is 24.7 Å². The molecule has 3 aromatic rings. The summed E-state index contributed by atoms with van der Waals surface area (Å²) in [5, 5.41) is 1.74. The maximum Gasteiger partial charge on any atom is 0.286 e. The van der Waals surface area contributed by atoms with Crippen LogP contribution in [0.1, 0.15) is 34.9 Å². The van der Waals surface area contributed by atoms with Gasteiger partial charge in [0.15, 0.2) is 0 Å². The van der Waals surface area contributed by atoms with Gasteiger partial charge in [-0.05, 0) is 47.2 Å². The average Bonchev–Trinajstić information content (AvgIpc) is 3.13. The number of benzene rings is 2. The predicted octanol–water partition coefficient (Wildman–Crippen LogP) is 4.75. The van der Waals surface area contributed by atoms with E-state index in [0.29, 0.717) is 13.0 Å². The molecule has 4 rings (SSSR count). The molecular formula is C26H26N2O3S. The Balaban J connectivity index is 1.34. The number of rotatable bonds is 9. The molecule has 0 spiro atoms. The number of amides is 2. The number of carbonyl (C=O) groups excluding carboxylic acids is 2. The van der Waals surface area contributed by atoms with E-state index in [0.717, 1.165) is 53.6 Å². The van der Waals surface area contributed by atoms with Crippen molar-refractivity contribution in [2.45, 2.75) is 37.9 Å². The molecule has 1 aliphatic heterocycles. The lowest BCUT2D eigenvalue weighted by Crippen LogP contribution is -2.25. The van der Waals surface area contributed by atoms with Crippen molar-refractivity contribution < 1.29 is 14.3 Å². The maximum atomic E-state index is 11.8. The molecule has 0 aliphatic carbocycles. The molecule has 0 bridgehead atoms. The van der Waals surface area contributed by atoms with Crippen LogP contribution in [0.25, 0.3) is 0 Å². The summed E-state index contributed by atoms with van der Waals surface area (Å²) < 4.78 is 6.09. The number of para-hydroxylation sites is 1. The van der Waals surface area contributed by atoms with Crippen molar-refractivity contribution in [1.82, 2.24) is 10.3 Å². The van der Waals surface area contributed by atoms with Crippen molar-refractivity contribution in [2.24, 2.45) is 0 Å². The number of hydrogen-bond donors (Lipinski definition) is 1. The first-order chi connectivity index (χ1) is 15.6. The van der Waals surface area contributed by atoms with Gasteiger partial charge in [0.05, 0.1) is 11.9 Å². The fraction of sp³-hybridized carbons (Fsp3) is 0.269. The van der Waals surface area contributed by atoms with Gasteiger partial charge < -0.3 is 4.74 Å². The highest BCUT2D eigenvalue weighted by Crippen LogP contribution is 2.25. The summed E-state index contributed by atoms with van der Waals surface area (Å²) in [6, 6.07) is 20.5. The number of thioether (sulfide) groups is 1. The van der Waals surface area contributed by atoms with Crippen molar-refractivity contribution in [1.29, 1.82) is 0 Å². The summed E-state index contributed by atoms with van der Waals surface area (Å²) in [5.74, 6) is 0.686. The van der Waals surface area contributed by atoms with Crippen molar-refractivity contribution in [3.05, 3.63) is 94.8 Å². The molecule has 2 aromatic carbocycles. The van der Waals surface area contributed by atoms with E-state index in [-0.39, 0.29) is 16.4 Å². The summed E-state index contributed by atoms with van der Waals surface area (Å²) in [6.07, 6.45) is 5.00. The lowest BCUT2D eigenvalue weighted by molar-refractivity contribution is -0.118. The van der Waals surface area contributed by atoms with Gasteiger partial charge in [0.25, 0.3) is 5.24 Å². The Labute approximate surface area is 192 Å². The van der Waals surface area contributed by atoms with Crippen LogP contribution in [0, 0.1) is 0 Å². The third-order valence-electron chi connectivity index (χ3n) is 5.49. The van der Waals surface area contributed by atoms with Crippen molar-refractivity contribution in [3.63, 3.8) is 0 Å². The minimum absolute atomic E-state index is 0.202. The summed E-state index contributed by atoms with van der Waals surface area (Å²) in [5.41, 5.74) is 5.62. The number of ether oxygens (including phenoxy) is 1. The predicted molar refractivity (Wildman–Crippen MR) is 127 cm³/mol. The van der Waals surface area contributed by atoms with E-state index >= 15 is 0 Å². The van der Waals surface area contributed by atoms with Crippen LogP contribution < -0.4 is 10.1 Å². The number of imide groups is 1. The van der Waals surface area contributed by atoms with E-state index in [1.807, 2.05) is 36.5 Å². The van der Waals surface area contributed by atoms with E-state index in [9.17, 15) is 9.59 Å². The van der Waals surface area contributed by atoms with Gasteiger partial charge in [-0.3, -0.25) is 19.9 Å². The highest BCUT2D eigenvalue weighted by atomic mass is 32.2. The number of aryl methyl sites for hydroxylation is 1. The zero-order chi connectivity index (χ0) is 22.3. The SMILES string of the molecule is CCc1ccc(CCOc2ccccc2Cc2ccc(CC3SC(=O)NC3=O)cc2)nc1. The van der Waals surface area contributed by atoms with Crippen LogP contribution in [-0.2, 0) is 30.5 Å². The normalized spacial score (nSPS) is 15.6. The third-order valence-corrected chi connectivity index (χ3v) is 6.47.